The summed E-state index contributed by atoms with van der Waals surface area (Å²) in [6.45, 7) is 2.18. The minimum absolute atomic E-state index is 0.216. The Kier molecular flexibility index (Phi) is 4.74. The first-order valence-electron chi connectivity index (χ1n) is 5.48. The predicted molar refractivity (Wildman–Crippen MR) is 57.4 cm³/mol. The molecule has 96 valence electrons. The predicted octanol–water partition coefficient (Wildman–Crippen LogP) is -0.192. The van der Waals surface area contributed by atoms with Crippen molar-refractivity contribution in [1.29, 1.82) is 0 Å². The number of aliphatic carboxylic acids is 1. The van der Waals surface area contributed by atoms with Gasteiger partial charge in [0.2, 0.25) is 5.91 Å². The van der Waals surface area contributed by atoms with Gasteiger partial charge in [-0.2, -0.15) is 0 Å². The Balaban J connectivity index is 2.20. The number of carboxylic acids is 1. The molecule has 1 rings (SSSR count). The molecule has 2 N–H and O–H groups in total. The summed E-state index contributed by atoms with van der Waals surface area (Å²) < 4.78 is 4.82. The molecule has 1 aliphatic heterocycles. The first-order chi connectivity index (χ1) is 8.04. The Bertz CT molecular complexity index is 318. The van der Waals surface area contributed by atoms with Crippen molar-refractivity contribution < 1.29 is 24.2 Å². The van der Waals surface area contributed by atoms with Crippen LogP contribution in [0.5, 0.6) is 0 Å². The molecule has 7 nitrogen and oxygen atoms in total. The number of carbonyl (C=O) groups is 3. The Morgan fingerprint density at radius 3 is 2.82 bits per heavy atom. The third-order valence-electron chi connectivity index (χ3n) is 2.36. The van der Waals surface area contributed by atoms with E-state index in [9.17, 15) is 14.4 Å². The lowest BCUT2D eigenvalue weighted by Gasteiger charge is -2.37. The molecule has 0 aromatic carbocycles. The van der Waals surface area contributed by atoms with E-state index in [1.54, 1.807) is 0 Å². The second-order valence-corrected chi connectivity index (χ2v) is 3.80. The highest BCUT2D eigenvalue weighted by Crippen LogP contribution is 2.09. The van der Waals surface area contributed by atoms with E-state index in [-0.39, 0.29) is 19.0 Å². The Morgan fingerprint density at radius 1 is 1.59 bits per heavy atom. The topological polar surface area (TPSA) is 95.9 Å². The van der Waals surface area contributed by atoms with Crippen molar-refractivity contribution in [2.75, 3.05) is 19.7 Å². The largest absolute Gasteiger partial charge is 0.480 e. The fourth-order valence-corrected chi connectivity index (χ4v) is 1.40. The van der Waals surface area contributed by atoms with Crippen molar-refractivity contribution >= 4 is 18.0 Å². The number of carboxylic acid groups (broad SMARTS) is 1. The number of nitrogens with one attached hydrogen (secondary N) is 1. The summed E-state index contributed by atoms with van der Waals surface area (Å²) in [5.74, 6) is -1.46. The van der Waals surface area contributed by atoms with E-state index < -0.39 is 18.1 Å². The van der Waals surface area contributed by atoms with Gasteiger partial charge >= 0.3 is 12.1 Å². The monoisotopic (exact) mass is 244 g/mol. The summed E-state index contributed by atoms with van der Waals surface area (Å²) in [5, 5.41) is 10.9. The molecule has 0 aromatic rings. The van der Waals surface area contributed by atoms with E-state index in [4.69, 9.17) is 9.84 Å². The lowest BCUT2D eigenvalue weighted by atomic mass is 10.1. The molecule has 1 saturated heterocycles. The van der Waals surface area contributed by atoms with E-state index in [1.165, 1.54) is 0 Å². The zero-order chi connectivity index (χ0) is 12.8. The average Bonchev–Trinajstić information content (AvgIpc) is 2.27. The molecule has 0 radical (unpaired) electrons. The van der Waals surface area contributed by atoms with Gasteiger partial charge in [-0.15, -0.1) is 0 Å². The molecule has 1 atom stereocenters. The molecule has 2 amide bonds. The van der Waals surface area contributed by atoms with Crippen LogP contribution in [0.2, 0.25) is 0 Å². The smallest absolute Gasteiger partial charge is 0.407 e. The van der Waals surface area contributed by atoms with Crippen LogP contribution >= 0.6 is 0 Å². The van der Waals surface area contributed by atoms with E-state index in [2.05, 4.69) is 5.32 Å². The number of amides is 2. The molecule has 0 spiro atoms. The number of unbranched alkanes of at least 4 members (excludes halogenated alkanes) is 1. The van der Waals surface area contributed by atoms with Gasteiger partial charge in [0.25, 0.3) is 0 Å². The lowest BCUT2D eigenvalue weighted by molar-refractivity contribution is -0.152. The number of hydrogen-bond acceptors (Lipinski definition) is 4. The van der Waals surface area contributed by atoms with Crippen molar-refractivity contribution in [3.8, 4) is 0 Å². The van der Waals surface area contributed by atoms with Crippen molar-refractivity contribution in [2.45, 2.75) is 25.8 Å². The SMILES string of the molecule is CCCCOC(=O)NC1CN(CC(=O)O)C1=O. The molecule has 1 fully saturated rings. The second kappa shape index (κ2) is 6.07. The van der Waals surface area contributed by atoms with Gasteiger partial charge in [-0.05, 0) is 6.42 Å². The number of ether oxygens (including phenoxy) is 1. The molecule has 1 aliphatic rings. The summed E-state index contributed by atoms with van der Waals surface area (Å²) in [6, 6.07) is -0.650. The first kappa shape index (κ1) is 13.3. The Labute approximate surface area is 98.7 Å². The average molecular weight is 244 g/mol. The van der Waals surface area contributed by atoms with Crippen LogP contribution in [0.15, 0.2) is 0 Å². The number of nitrogens with zero attached hydrogens (tertiary/aromatic N) is 1. The molecule has 1 heterocycles. The van der Waals surface area contributed by atoms with Gasteiger partial charge in [0.05, 0.1) is 13.2 Å². The van der Waals surface area contributed by atoms with Crippen LogP contribution < -0.4 is 5.32 Å². The number of alkyl carbamates (subject to hydrolysis) is 1. The van der Waals surface area contributed by atoms with Crippen LogP contribution in [0.25, 0.3) is 0 Å². The van der Waals surface area contributed by atoms with Crippen LogP contribution in [0.3, 0.4) is 0 Å². The fourth-order valence-electron chi connectivity index (χ4n) is 1.40. The Morgan fingerprint density at radius 2 is 2.29 bits per heavy atom. The fraction of sp³-hybridized carbons (Fsp3) is 0.700. The molecule has 0 saturated carbocycles. The highest BCUT2D eigenvalue weighted by Gasteiger charge is 2.38. The highest BCUT2D eigenvalue weighted by atomic mass is 16.5. The molecule has 0 aromatic heterocycles. The summed E-state index contributed by atoms with van der Waals surface area (Å²) in [7, 11) is 0. The summed E-state index contributed by atoms with van der Waals surface area (Å²) in [4.78, 5) is 34.0. The third kappa shape index (κ3) is 3.93. The number of rotatable bonds is 6. The minimum atomic E-state index is -1.07. The summed E-state index contributed by atoms with van der Waals surface area (Å²) in [5.41, 5.74) is 0. The maximum absolute atomic E-state index is 11.4. The highest BCUT2D eigenvalue weighted by molar-refractivity contribution is 5.93. The van der Waals surface area contributed by atoms with Gasteiger partial charge in [-0.1, -0.05) is 13.3 Å². The maximum Gasteiger partial charge on any atom is 0.407 e. The van der Waals surface area contributed by atoms with Gasteiger partial charge in [-0.25, -0.2) is 4.79 Å². The van der Waals surface area contributed by atoms with Gasteiger partial charge < -0.3 is 20.1 Å². The third-order valence-corrected chi connectivity index (χ3v) is 2.36. The zero-order valence-electron chi connectivity index (χ0n) is 9.64. The number of likely N-dealkylation sites (tertiary alicyclic amines) is 1. The zero-order valence-corrected chi connectivity index (χ0v) is 9.64. The van der Waals surface area contributed by atoms with E-state index in [1.807, 2.05) is 6.92 Å². The number of β-lactam (4-membered cyclic amide) rings is 1. The van der Waals surface area contributed by atoms with Crippen LogP contribution in [0.1, 0.15) is 19.8 Å². The van der Waals surface area contributed by atoms with E-state index in [0.29, 0.717) is 6.61 Å². The van der Waals surface area contributed by atoms with Crippen molar-refractivity contribution in [1.82, 2.24) is 10.2 Å². The van der Waals surface area contributed by atoms with Crippen LogP contribution in [0.4, 0.5) is 4.79 Å². The lowest BCUT2D eigenvalue weighted by Crippen LogP contribution is -2.64. The number of carbonyl (C=O) groups excluding carboxylic acids is 2. The Hall–Kier alpha value is -1.79. The van der Waals surface area contributed by atoms with Crippen molar-refractivity contribution in [2.24, 2.45) is 0 Å². The van der Waals surface area contributed by atoms with E-state index in [0.717, 1.165) is 17.7 Å². The van der Waals surface area contributed by atoms with Gasteiger partial charge in [-0.3, -0.25) is 9.59 Å². The molecule has 17 heavy (non-hydrogen) atoms. The normalized spacial score (nSPS) is 18.5. The molecule has 0 bridgehead atoms. The van der Waals surface area contributed by atoms with Crippen LogP contribution in [0, 0.1) is 0 Å². The molecule has 1 unspecified atom stereocenters. The molecule has 0 aliphatic carbocycles. The molecule has 7 heteroatoms. The standard InChI is InChI=1S/C10H16N2O5/c1-2-3-4-17-10(16)11-7-5-12(9(7)15)6-8(13)14/h7H,2-6H2,1H3,(H,11,16)(H,13,14). The van der Waals surface area contributed by atoms with Crippen molar-refractivity contribution in [3.63, 3.8) is 0 Å². The maximum atomic E-state index is 11.4. The minimum Gasteiger partial charge on any atom is -0.480 e. The van der Waals surface area contributed by atoms with Crippen LogP contribution in [-0.2, 0) is 14.3 Å². The first-order valence-corrected chi connectivity index (χ1v) is 5.48. The second-order valence-electron chi connectivity index (χ2n) is 3.80. The molecular weight excluding hydrogens is 228 g/mol. The van der Waals surface area contributed by atoms with Gasteiger partial charge in [0.15, 0.2) is 0 Å². The van der Waals surface area contributed by atoms with Gasteiger partial charge in [0, 0.05) is 0 Å². The van der Waals surface area contributed by atoms with E-state index >= 15 is 0 Å². The van der Waals surface area contributed by atoms with Crippen LogP contribution in [-0.4, -0.2) is 53.7 Å². The quantitative estimate of drug-likeness (QED) is 0.498. The molecular formula is C10H16N2O5. The summed E-state index contributed by atoms with van der Waals surface area (Å²) in [6.07, 6.45) is 1.06. The van der Waals surface area contributed by atoms with Crippen molar-refractivity contribution in [3.05, 3.63) is 0 Å². The number of hydrogen-bond donors (Lipinski definition) is 2. The summed E-state index contributed by atoms with van der Waals surface area (Å²) >= 11 is 0. The van der Waals surface area contributed by atoms with Gasteiger partial charge in [0.1, 0.15) is 12.6 Å².